The second kappa shape index (κ2) is 4.00. The van der Waals surface area contributed by atoms with Crippen molar-refractivity contribution in [3.63, 3.8) is 0 Å². The molecule has 0 saturated heterocycles. The number of carbonyl (C=O) groups is 1. The Hall–Kier alpha value is -0.710. The van der Waals surface area contributed by atoms with Crippen molar-refractivity contribution in [3.8, 4) is 0 Å². The highest BCUT2D eigenvalue weighted by Crippen LogP contribution is 2.39. The average Bonchev–Trinajstić information content (AvgIpc) is 2.02. The molecule has 0 radical (unpaired) electrons. The summed E-state index contributed by atoms with van der Waals surface area (Å²) in [4.78, 5) is 11.9. The molecule has 1 fully saturated rings. The minimum absolute atomic E-state index is 0.185. The molecule has 1 aliphatic carbocycles. The molecule has 0 unspecified atom stereocenters. The molecule has 1 N–H and O–H groups in total. The van der Waals surface area contributed by atoms with E-state index in [0.717, 1.165) is 0 Å². The van der Waals surface area contributed by atoms with Gasteiger partial charge in [-0.1, -0.05) is 0 Å². The number of alkyl halides is 2. The second-order valence-corrected chi connectivity index (χ2v) is 3.36. The van der Waals surface area contributed by atoms with Crippen molar-refractivity contribution in [1.29, 1.82) is 0 Å². The lowest BCUT2D eigenvalue weighted by atomic mass is 9.87. The van der Waals surface area contributed by atoms with Crippen molar-refractivity contribution in [3.05, 3.63) is 0 Å². The van der Waals surface area contributed by atoms with Gasteiger partial charge >= 0.3 is 0 Å². The normalized spacial score (nSPS) is 20.8. The van der Waals surface area contributed by atoms with Gasteiger partial charge in [0.25, 0.3) is 5.92 Å². The third-order valence-electron chi connectivity index (χ3n) is 2.29. The van der Waals surface area contributed by atoms with E-state index in [1.165, 1.54) is 4.90 Å². The molecule has 3 nitrogen and oxygen atoms in total. The zero-order valence-electron chi connectivity index (χ0n) is 7.59. The fourth-order valence-corrected chi connectivity index (χ4v) is 1.43. The standard InChI is InChI=1S/C8H14F2N2O/c1-11-2-3-12(6-13)7-4-8(9,10)5-7/h6-7,11H,2-5H2,1H3. The smallest absolute Gasteiger partial charge is 0.252 e. The first-order valence-corrected chi connectivity index (χ1v) is 4.32. The van der Waals surface area contributed by atoms with E-state index in [9.17, 15) is 13.6 Å². The van der Waals surface area contributed by atoms with Crippen molar-refractivity contribution < 1.29 is 13.6 Å². The van der Waals surface area contributed by atoms with E-state index in [4.69, 9.17) is 0 Å². The summed E-state index contributed by atoms with van der Waals surface area (Å²) in [6.07, 6.45) is 0.280. The number of nitrogens with zero attached hydrogens (tertiary/aromatic N) is 1. The lowest BCUT2D eigenvalue weighted by Crippen LogP contribution is -2.51. The minimum atomic E-state index is -2.55. The summed E-state index contributed by atoms with van der Waals surface area (Å²) in [5.74, 6) is -2.55. The Morgan fingerprint density at radius 2 is 2.23 bits per heavy atom. The maximum atomic E-state index is 12.4. The summed E-state index contributed by atoms with van der Waals surface area (Å²) in [5.41, 5.74) is 0. The summed E-state index contributed by atoms with van der Waals surface area (Å²) >= 11 is 0. The Bertz CT molecular complexity index is 179. The number of amides is 1. The molecule has 0 aliphatic heterocycles. The van der Waals surface area contributed by atoms with Gasteiger partial charge in [0.15, 0.2) is 0 Å². The predicted molar refractivity (Wildman–Crippen MR) is 44.7 cm³/mol. The van der Waals surface area contributed by atoms with Crippen molar-refractivity contribution >= 4 is 6.41 Å². The van der Waals surface area contributed by atoms with E-state index >= 15 is 0 Å². The van der Waals surface area contributed by atoms with Crippen molar-refractivity contribution in [2.75, 3.05) is 20.1 Å². The molecule has 5 heteroatoms. The lowest BCUT2D eigenvalue weighted by Gasteiger charge is -2.40. The van der Waals surface area contributed by atoms with E-state index in [2.05, 4.69) is 5.32 Å². The first-order valence-electron chi connectivity index (χ1n) is 4.32. The van der Waals surface area contributed by atoms with Crippen LogP contribution in [0.25, 0.3) is 0 Å². The Morgan fingerprint density at radius 1 is 1.62 bits per heavy atom. The Morgan fingerprint density at radius 3 is 2.62 bits per heavy atom. The SMILES string of the molecule is CNCCN(C=O)C1CC(F)(F)C1. The lowest BCUT2D eigenvalue weighted by molar-refractivity contribution is -0.142. The molecule has 0 aromatic carbocycles. The van der Waals surface area contributed by atoms with Gasteiger partial charge in [-0.25, -0.2) is 8.78 Å². The zero-order valence-corrected chi connectivity index (χ0v) is 7.59. The number of nitrogens with one attached hydrogen (secondary N) is 1. The largest absolute Gasteiger partial charge is 0.341 e. The summed E-state index contributed by atoms with van der Waals surface area (Å²) in [6, 6.07) is -0.263. The van der Waals surface area contributed by atoms with Crippen LogP contribution in [-0.2, 0) is 4.79 Å². The van der Waals surface area contributed by atoms with Gasteiger partial charge in [0.1, 0.15) is 0 Å². The molecule has 1 saturated carbocycles. The highest BCUT2D eigenvalue weighted by atomic mass is 19.3. The molecule has 1 amide bonds. The number of carbonyl (C=O) groups excluding carboxylic acids is 1. The molecule has 0 bridgehead atoms. The van der Waals surface area contributed by atoms with Gasteiger partial charge in [-0.2, -0.15) is 0 Å². The highest BCUT2D eigenvalue weighted by Gasteiger charge is 2.47. The summed E-state index contributed by atoms with van der Waals surface area (Å²) in [6.45, 7) is 1.14. The second-order valence-electron chi connectivity index (χ2n) is 3.36. The quantitative estimate of drug-likeness (QED) is 0.642. The number of likely N-dealkylation sites (N-methyl/N-ethyl adjacent to an activating group) is 1. The summed E-state index contributed by atoms with van der Waals surface area (Å²) in [5, 5.41) is 2.87. The van der Waals surface area contributed by atoms with Gasteiger partial charge in [0.2, 0.25) is 6.41 Å². The van der Waals surface area contributed by atoms with Crippen molar-refractivity contribution in [1.82, 2.24) is 10.2 Å². The van der Waals surface area contributed by atoms with E-state index in [-0.39, 0.29) is 18.9 Å². The van der Waals surface area contributed by atoms with Gasteiger partial charge in [0.05, 0.1) is 0 Å². The first-order chi connectivity index (χ1) is 6.09. The zero-order chi connectivity index (χ0) is 9.90. The van der Waals surface area contributed by atoms with E-state index < -0.39 is 5.92 Å². The number of hydrogen-bond donors (Lipinski definition) is 1. The van der Waals surface area contributed by atoms with Gasteiger partial charge in [-0.15, -0.1) is 0 Å². The monoisotopic (exact) mass is 192 g/mol. The molecule has 1 aliphatic rings. The third-order valence-corrected chi connectivity index (χ3v) is 2.29. The van der Waals surface area contributed by atoms with E-state index in [1.54, 1.807) is 7.05 Å². The van der Waals surface area contributed by atoms with Crippen LogP contribution in [0.1, 0.15) is 12.8 Å². The Labute approximate surface area is 76.1 Å². The van der Waals surface area contributed by atoms with Gasteiger partial charge in [-0.3, -0.25) is 4.79 Å². The van der Waals surface area contributed by atoms with Crippen LogP contribution in [0.2, 0.25) is 0 Å². The predicted octanol–water partition coefficient (Wildman–Crippen LogP) is 0.462. The highest BCUT2D eigenvalue weighted by molar-refractivity contribution is 5.48. The molecule has 0 atom stereocenters. The maximum absolute atomic E-state index is 12.4. The third kappa shape index (κ3) is 2.62. The molecule has 0 aromatic heterocycles. The van der Waals surface area contributed by atoms with Gasteiger partial charge in [0, 0.05) is 32.0 Å². The molecule has 1 rings (SSSR count). The Kier molecular flexibility index (Phi) is 3.19. The van der Waals surface area contributed by atoms with Crippen LogP contribution < -0.4 is 5.32 Å². The van der Waals surface area contributed by atoms with Crippen LogP contribution >= 0.6 is 0 Å². The van der Waals surface area contributed by atoms with Gasteiger partial charge < -0.3 is 10.2 Å². The topological polar surface area (TPSA) is 32.3 Å². The first kappa shape index (κ1) is 10.4. The molecular weight excluding hydrogens is 178 g/mol. The maximum Gasteiger partial charge on any atom is 0.252 e. The molecule has 0 heterocycles. The van der Waals surface area contributed by atoms with Gasteiger partial charge in [-0.05, 0) is 7.05 Å². The molecule has 0 spiro atoms. The van der Waals surface area contributed by atoms with Crippen LogP contribution in [0, 0.1) is 0 Å². The van der Waals surface area contributed by atoms with Crippen LogP contribution in [0.15, 0.2) is 0 Å². The van der Waals surface area contributed by atoms with Crippen molar-refractivity contribution in [2.24, 2.45) is 0 Å². The minimum Gasteiger partial charge on any atom is -0.341 e. The van der Waals surface area contributed by atoms with Crippen LogP contribution in [0.3, 0.4) is 0 Å². The fraction of sp³-hybridized carbons (Fsp3) is 0.875. The van der Waals surface area contributed by atoms with E-state index in [0.29, 0.717) is 19.5 Å². The summed E-state index contributed by atoms with van der Waals surface area (Å²) < 4.78 is 24.9. The fourth-order valence-electron chi connectivity index (χ4n) is 1.43. The summed E-state index contributed by atoms with van der Waals surface area (Å²) in [7, 11) is 1.76. The van der Waals surface area contributed by atoms with Crippen molar-refractivity contribution in [2.45, 2.75) is 24.8 Å². The molecule has 76 valence electrons. The molecular formula is C8H14F2N2O. The number of hydrogen-bond acceptors (Lipinski definition) is 2. The van der Waals surface area contributed by atoms with Crippen LogP contribution in [-0.4, -0.2) is 43.4 Å². The Balaban J connectivity index is 2.29. The molecule has 0 aromatic rings. The number of rotatable bonds is 5. The molecule has 13 heavy (non-hydrogen) atoms. The average molecular weight is 192 g/mol. The van der Waals surface area contributed by atoms with E-state index in [1.807, 2.05) is 0 Å². The number of halogens is 2. The van der Waals surface area contributed by atoms with Crippen LogP contribution in [0.5, 0.6) is 0 Å². The van der Waals surface area contributed by atoms with Crippen LogP contribution in [0.4, 0.5) is 8.78 Å².